The Bertz CT molecular complexity index is 1010. The maximum absolute atomic E-state index is 13.7. The minimum Gasteiger partial charge on any atom is -0.378 e. The fraction of sp³-hybridized carbons (Fsp3) is 0.333. The predicted octanol–water partition coefficient (Wildman–Crippen LogP) is 4.39. The van der Waals surface area contributed by atoms with E-state index in [0.29, 0.717) is 5.92 Å². The standard InChI is InChI=1S/C24H25FN2O/c1-26-15-20-14-22(27-8-10-28-11-9-27)6-7-23(20)24(16-26)18-3-2-17-4-5-21(25)13-19(17)12-18/h2-7,12-14,24H,8-11,15-16H2,1H3. The number of nitrogens with zero attached hydrogens (tertiary/aromatic N) is 2. The zero-order valence-corrected chi connectivity index (χ0v) is 16.2. The van der Waals surface area contributed by atoms with Crippen molar-refractivity contribution in [2.75, 3.05) is 44.8 Å². The smallest absolute Gasteiger partial charge is 0.123 e. The minimum atomic E-state index is -0.180. The summed E-state index contributed by atoms with van der Waals surface area (Å²) in [7, 11) is 2.18. The van der Waals surface area contributed by atoms with Gasteiger partial charge in [0, 0.05) is 37.8 Å². The van der Waals surface area contributed by atoms with Gasteiger partial charge in [0.05, 0.1) is 13.2 Å². The van der Waals surface area contributed by atoms with Crippen LogP contribution in [0.5, 0.6) is 0 Å². The molecule has 1 saturated heterocycles. The van der Waals surface area contributed by atoms with Gasteiger partial charge in [-0.05, 0) is 58.8 Å². The number of morpholine rings is 1. The lowest BCUT2D eigenvalue weighted by atomic mass is 9.84. The second-order valence-electron chi connectivity index (χ2n) is 7.98. The van der Waals surface area contributed by atoms with Gasteiger partial charge in [-0.15, -0.1) is 0 Å². The lowest BCUT2D eigenvalue weighted by molar-refractivity contribution is 0.122. The zero-order valence-electron chi connectivity index (χ0n) is 16.2. The fourth-order valence-electron chi connectivity index (χ4n) is 4.59. The van der Waals surface area contributed by atoms with Gasteiger partial charge in [-0.2, -0.15) is 0 Å². The van der Waals surface area contributed by atoms with Gasteiger partial charge in [-0.1, -0.05) is 30.3 Å². The number of likely N-dealkylation sites (N-methyl/N-ethyl adjacent to an activating group) is 1. The molecule has 1 atom stereocenters. The van der Waals surface area contributed by atoms with Crippen LogP contribution in [0.25, 0.3) is 10.8 Å². The van der Waals surface area contributed by atoms with E-state index in [0.717, 1.165) is 50.2 Å². The maximum atomic E-state index is 13.7. The molecule has 1 unspecified atom stereocenters. The predicted molar refractivity (Wildman–Crippen MR) is 112 cm³/mol. The summed E-state index contributed by atoms with van der Waals surface area (Å²) < 4.78 is 19.2. The highest BCUT2D eigenvalue weighted by molar-refractivity contribution is 5.83. The second-order valence-corrected chi connectivity index (χ2v) is 7.98. The average molecular weight is 376 g/mol. The molecule has 0 aromatic heterocycles. The first-order chi connectivity index (χ1) is 13.7. The van der Waals surface area contributed by atoms with E-state index in [9.17, 15) is 4.39 Å². The lowest BCUT2D eigenvalue weighted by Crippen LogP contribution is -2.36. The number of halogens is 1. The Balaban J connectivity index is 1.53. The molecular formula is C24H25FN2O. The Morgan fingerprint density at radius 3 is 2.61 bits per heavy atom. The summed E-state index contributed by atoms with van der Waals surface area (Å²) in [5.41, 5.74) is 5.33. The third-order valence-corrected chi connectivity index (χ3v) is 6.04. The molecule has 0 N–H and O–H groups in total. The normalized spacial score (nSPS) is 20.4. The van der Waals surface area contributed by atoms with Crippen molar-refractivity contribution in [3.8, 4) is 0 Å². The first kappa shape index (κ1) is 17.7. The minimum absolute atomic E-state index is 0.180. The number of fused-ring (bicyclic) bond motifs is 2. The maximum Gasteiger partial charge on any atom is 0.123 e. The Hall–Kier alpha value is -2.43. The van der Waals surface area contributed by atoms with E-state index in [1.54, 1.807) is 6.07 Å². The molecule has 4 heteroatoms. The molecule has 5 rings (SSSR count). The molecule has 144 valence electrons. The van der Waals surface area contributed by atoms with Crippen LogP contribution < -0.4 is 4.90 Å². The van der Waals surface area contributed by atoms with E-state index in [-0.39, 0.29) is 5.82 Å². The fourth-order valence-corrected chi connectivity index (χ4v) is 4.59. The van der Waals surface area contributed by atoms with Crippen LogP contribution in [0.2, 0.25) is 0 Å². The van der Waals surface area contributed by atoms with Crippen LogP contribution in [-0.2, 0) is 11.3 Å². The van der Waals surface area contributed by atoms with Crippen molar-refractivity contribution < 1.29 is 9.13 Å². The highest BCUT2D eigenvalue weighted by Gasteiger charge is 2.26. The topological polar surface area (TPSA) is 15.7 Å². The molecule has 0 bridgehead atoms. The summed E-state index contributed by atoms with van der Waals surface area (Å²) in [6.45, 7) is 5.44. The van der Waals surface area contributed by atoms with E-state index in [2.05, 4.69) is 53.2 Å². The van der Waals surface area contributed by atoms with Crippen LogP contribution in [0.3, 0.4) is 0 Å². The van der Waals surface area contributed by atoms with Gasteiger partial charge in [0.15, 0.2) is 0 Å². The summed E-state index contributed by atoms with van der Waals surface area (Å²) in [6, 6.07) is 18.4. The molecule has 0 spiro atoms. The first-order valence-corrected chi connectivity index (χ1v) is 10.0. The lowest BCUT2D eigenvalue weighted by Gasteiger charge is -2.35. The highest BCUT2D eigenvalue weighted by atomic mass is 19.1. The summed E-state index contributed by atoms with van der Waals surface area (Å²) >= 11 is 0. The number of benzene rings is 3. The van der Waals surface area contributed by atoms with E-state index < -0.39 is 0 Å². The Kier molecular flexibility index (Phi) is 4.53. The summed E-state index contributed by atoms with van der Waals surface area (Å²) in [6.07, 6.45) is 0. The van der Waals surface area contributed by atoms with E-state index >= 15 is 0 Å². The Morgan fingerprint density at radius 1 is 0.929 bits per heavy atom. The number of ether oxygens (including phenoxy) is 1. The monoisotopic (exact) mass is 376 g/mol. The molecule has 2 heterocycles. The molecular weight excluding hydrogens is 351 g/mol. The molecule has 0 amide bonds. The quantitative estimate of drug-likeness (QED) is 0.660. The zero-order chi connectivity index (χ0) is 19.1. The molecule has 2 aliphatic heterocycles. The van der Waals surface area contributed by atoms with Crippen molar-refractivity contribution in [2.24, 2.45) is 0 Å². The number of rotatable bonds is 2. The van der Waals surface area contributed by atoms with Crippen molar-refractivity contribution in [2.45, 2.75) is 12.5 Å². The largest absolute Gasteiger partial charge is 0.378 e. The molecule has 3 aromatic carbocycles. The van der Waals surface area contributed by atoms with Crippen LogP contribution >= 0.6 is 0 Å². The molecule has 3 nitrogen and oxygen atoms in total. The van der Waals surface area contributed by atoms with Crippen molar-refractivity contribution >= 4 is 16.5 Å². The first-order valence-electron chi connectivity index (χ1n) is 10.0. The molecule has 28 heavy (non-hydrogen) atoms. The third kappa shape index (κ3) is 3.27. The van der Waals surface area contributed by atoms with Crippen LogP contribution in [0.4, 0.5) is 10.1 Å². The number of hydrogen-bond donors (Lipinski definition) is 0. The van der Waals surface area contributed by atoms with Crippen molar-refractivity contribution in [3.05, 3.63) is 77.1 Å². The number of hydrogen-bond acceptors (Lipinski definition) is 3. The summed E-state index contributed by atoms with van der Waals surface area (Å²) in [5.74, 6) is 0.126. The van der Waals surface area contributed by atoms with Crippen molar-refractivity contribution in [3.63, 3.8) is 0 Å². The van der Waals surface area contributed by atoms with E-state index in [1.165, 1.54) is 28.4 Å². The van der Waals surface area contributed by atoms with Gasteiger partial charge in [-0.25, -0.2) is 4.39 Å². The molecule has 0 radical (unpaired) electrons. The van der Waals surface area contributed by atoms with Gasteiger partial charge in [0.2, 0.25) is 0 Å². The average Bonchev–Trinajstić information content (AvgIpc) is 2.72. The van der Waals surface area contributed by atoms with Gasteiger partial charge >= 0.3 is 0 Å². The molecule has 2 aliphatic rings. The Labute approximate surface area is 165 Å². The molecule has 0 saturated carbocycles. The highest BCUT2D eigenvalue weighted by Crippen LogP contribution is 2.36. The van der Waals surface area contributed by atoms with Gasteiger partial charge in [0.1, 0.15) is 5.82 Å². The number of anilines is 1. The Morgan fingerprint density at radius 2 is 1.75 bits per heavy atom. The molecule has 1 fully saturated rings. The van der Waals surface area contributed by atoms with Crippen molar-refractivity contribution in [1.82, 2.24) is 4.90 Å². The second kappa shape index (κ2) is 7.19. The van der Waals surface area contributed by atoms with Crippen LogP contribution in [0.15, 0.2) is 54.6 Å². The van der Waals surface area contributed by atoms with Crippen LogP contribution in [-0.4, -0.2) is 44.8 Å². The summed E-state index contributed by atoms with van der Waals surface area (Å²) in [4.78, 5) is 4.79. The molecule has 3 aromatic rings. The SMILES string of the molecule is CN1Cc2cc(N3CCOCC3)ccc2C(c2ccc3ccc(F)cc3c2)C1. The van der Waals surface area contributed by atoms with Crippen molar-refractivity contribution in [1.29, 1.82) is 0 Å². The van der Waals surface area contributed by atoms with Gasteiger partial charge in [-0.3, -0.25) is 0 Å². The van der Waals surface area contributed by atoms with Gasteiger partial charge < -0.3 is 14.5 Å². The van der Waals surface area contributed by atoms with E-state index in [1.807, 2.05) is 6.07 Å². The third-order valence-electron chi connectivity index (χ3n) is 6.04. The van der Waals surface area contributed by atoms with Crippen LogP contribution in [0.1, 0.15) is 22.6 Å². The summed E-state index contributed by atoms with van der Waals surface area (Å²) in [5, 5.41) is 2.05. The van der Waals surface area contributed by atoms with Gasteiger partial charge in [0.25, 0.3) is 0 Å². The van der Waals surface area contributed by atoms with E-state index in [4.69, 9.17) is 4.74 Å². The van der Waals surface area contributed by atoms with Crippen LogP contribution in [0, 0.1) is 5.82 Å². The molecule has 0 aliphatic carbocycles.